The quantitative estimate of drug-likeness (QED) is 0.667. The molecule has 1 aliphatic carbocycles. The summed E-state index contributed by atoms with van der Waals surface area (Å²) in [4.78, 5) is 21.4. The number of halogens is 2. The van der Waals surface area contributed by atoms with Gasteiger partial charge < -0.3 is 5.32 Å². The van der Waals surface area contributed by atoms with E-state index in [1.807, 2.05) is 6.92 Å². The van der Waals surface area contributed by atoms with Crippen LogP contribution in [0, 0.1) is 27.7 Å². The molecule has 1 amide bonds. The molecule has 5 nitrogen and oxygen atoms in total. The van der Waals surface area contributed by atoms with Crippen molar-refractivity contribution in [2.24, 2.45) is 5.92 Å². The number of nitro groups is 1. The predicted octanol–water partition coefficient (Wildman–Crippen LogP) is 2.79. The highest BCUT2D eigenvalue weighted by Crippen LogP contribution is 2.35. The minimum atomic E-state index is -1.30. The number of nitrogens with one attached hydrogen (secondary N) is 1. The van der Waals surface area contributed by atoms with Crippen LogP contribution in [-0.2, 0) is 0 Å². The zero-order valence-corrected chi connectivity index (χ0v) is 10.9. The van der Waals surface area contributed by atoms with Gasteiger partial charge >= 0.3 is 5.69 Å². The van der Waals surface area contributed by atoms with Crippen LogP contribution >= 0.6 is 0 Å². The zero-order chi connectivity index (χ0) is 14.9. The van der Waals surface area contributed by atoms with Crippen LogP contribution in [0.3, 0.4) is 0 Å². The number of nitro benzene ring substituents is 1. The van der Waals surface area contributed by atoms with Crippen LogP contribution in [0.15, 0.2) is 12.1 Å². The second-order valence-electron chi connectivity index (χ2n) is 4.91. The maximum atomic E-state index is 13.8. The van der Waals surface area contributed by atoms with Crippen molar-refractivity contribution in [3.05, 3.63) is 39.4 Å². The third-order valence-corrected chi connectivity index (χ3v) is 3.36. The maximum absolute atomic E-state index is 13.8. The summed E-state index contributed by atoms with van der Waals surface area (Å²) in [6.45, 7) is 2.02. The molecule has 0 aliphatic heterocycles. The van der Waals surface area contributed by atoms with Gasteiger partial charge in [-0.05, 0) is 24.8 Å². The molecule has 1 aromatic carbocycles. The average molecular weight is 284 g/mol. The van der Waals surface area contributed by atoms with Crippen molar-refractivity contribution in [1.29, 1.82) is 0 Å². The van der Waals surface area contributed by atoms with Gasteiger partial charge in [-0.3, -0.25) is 14.9 Å². The van der Waals surface area contributed by atoms with Gasteiger partial charge in [0, 0.05) is 6.04 Å². The first-order valence-electron chi connectivity index (χ1n) is 6.38. The number of carbonyl (C=O) groups is 1. The third kappa shape index (κ3) is 2.92. The molecule has 7 heteroatoms. The number of hydrogen-bond donors (Lipinski definition) is 1. The van der Waals surface area contributed by atoms with Gasteiger partial charge in [-0.25, -0.2) is 4.39 Å². The summed E-state index contributed by atoms with van der Waals surface area (Å²) >= 11 is 0. The Balaban J connectivity index is 2.16. The van der Waals surface area contributed by atoms with Crippen molar-refractivity contribution in [3.8, 4) is 0 Å². The first kappa shape index (κ1) is 14.4. The molecule has 0 radical (unpaired) electrons. The minimum Gasteiger partial charge on any atom is -0.349 e. The fraction of sp³-hybridized carbons (Fsp3) is 0.462. The van der Waals surface area contributed by atoms with Crippen LogP contribution in [0.25, 0.3) is 0 Å². The van der Waals surface area contributed by atoms with Crippen LogP contribution in [0.2, 0.25) is 0 Å². The Morgan fingerprint density at radius 2 is 2.20 bits per heavy atom. The SMILES string of the molecule is CCCC1CC1NC(=O)c1cc(F)cc([N+](=O)[O-])c1F. The summed E-state index contributed by atoms with van der Waals surface area (Å²) in [7, 11) is 0. The van der Waals surface area contributed by atoms with Crippen molar-refractivity contribution >= 4 is 11.6 Å². The zero-order valence-electron chi connectivity index (χ0n) is 10.9. The van der Waals surface area contributed by atoms with Crippen molar-refractivity contribution in [2.75, 3.05) is 0 Å². The number of benzene rings is 1. The van der Waals surface area contributed by atoms with Gasteiger partial charge in [0.05, 0.1) is 16.6 Å². The fourth-order valence-corrected chi connectivity index (χ4v) is 2.23. The molecular formula is C13H14F2N2O3. The van der Waals surface area contributed by atoms with E-state index in [0.717, 1.165) is 19.3 Å². The smallest absolute Gasteiger partial charge is 0.308 e. The minimum absolute atomic E-state index is 0.0517. The van der Waals surface area contributed by atoms with Crippen molar-refractivity contribution in [2.45, 2.75) is 32.2 Å². The average Bonchev–Trinajstić information content (AvgIpc) is 3.09. The second-order valence-corrected chi connectivity index (χ2v) is 4.91. The molecule has 2 rings (SSSR count). The molecule has 20 heavy (non-hydrogen) atoms. The molecule has 1 saturated carbocycles. The van der Waals surface area contributed by atoms with Crippen LogP contribution in [0.5, 0.6) is 0 Å². The second kappa shape index (κ2) is 5.52. The molecule has 2 unspecified atom stereocenters. The van der Waals surface area contributed by atoms with E-state index in [9.17, 15) is 23.7 Å². The first-order chi connectivity index (χ1) is 9.43. The molecule has 0 saturated heterocycles. The molecule has 1 N–H and O–H groups in total. The van der Waals surface area contributed by atoms with E-state index in [1.54, 1.807) is 0 Å². The van der Waals surface area contributed by atoms with E-state index in [-0.39, 0.29) is 6.04 Å². The summed E-state index contributed by atoms with van der Waals surface area (Å²) in [6.07, 6.45) is 2.74. The van der Waals surface area contributed by atoms with Gasteiger partial charge in [-0.15, -0.1) is 0 Å². The lowest BCUT2D eigenvalue weighted by Gasteiger charge is -2.06. The summed E-state index contributed by atoms with van der Waals surface area (Å²) in [5.74, 6) is -2.77. The Kier molecular flexibility index (Phi) is 3.96. The van der Waals surface area contributed by atoms with Crippen molar-refractivity contribution < 1.29 is 18.5 Å². The highest BCUT2D eigenvalue weighted by Gasteiger charge is 2.38. The van der Waals surface area contributed by atoms with Crippen LogP contribution in [0.4, 0.5) is 14.5 Å². The first-order valence-corrected chi connectivity index (χ1v) is 6.38. The Bertz CT molecular complexity index is 563. The molecule has 108 valence electrons. The molecular weight excluding hydrogens is 270 g/mol. The van der Waals surface area contributed by atoms with E-state index in [2.05, 4.69) is 5.32 Å². The summed E-state index contributed by atoms with van der Waals surface area (Å²) in [5, 5.41) is 13.2. The topological polar surface area (TPSA) is 72.2 Å². The molecule has 0 heterocycles. The largest absolute Gasteiger partial charge is 0.349 e. The van der Waals surface area contributed by atoms with Gasteiger partial charge in [0.25, 0.3) is 5.91 Å². The highest BCUT2D eigenvalue weighted by molar-refractivity contribution is 5.95. The van der Waals surface area contributed by atoms with Gasteiger partial charge in [-0.1, -0.05) is 13.3 Å². The van der Waals surface area contributed by atoms with Gasteiger partial charge in [0.15, 0.2) is 0 Å². The summed E-state index contributed by atoms with van der Waals surface area (Å²) in [6, 6.07) is 1.09. The molecule has 0 aromatic heterocycles. The Labute approximate surface area is 114 Å². The number of rotatable bonds is 5. The van der Waals surface area contributed by atoms with Gasteiger partial charge in [0.1, 0.15) is 5.82 Å². The maximum Gasteiger partial charge on any atom is 0.308 e. The third-order valence-electron chi connectivity index (χ3n) is 3.36. The molecule has 1 aliphatic rings. The normalized spacial score (nSPS) is 20.6. The van der Waals surface area contributed by atoms with E-state index in [4.69, 9.17) is 0 Å². The Morgan fingerprint density at radius 1 is 1.50 bits per heavy atom. The summed E-state index contributed by atoms with van der Waals surface area (Å²) in [5.41, 5.74) is -1.66. The standard InChI is InChI=1S/C13H14F2N2O3/c1-2-3-7-4-10(7)16-13(18)9-5-8(14)6-11(12(9)15)17(19)20/h5-7,10H,2-4H2,1H3,(H,16,18). The Morgan fingerprint density at radius 3 is 2.80 bits per heavy atom. The number of nitrogens with zero attached hydrogens (tertiary/aromatic N) is 1. The molecule has 1 aromatic rings. The monoisotopic (exact) mass is 284 g/mol. The predicted molar refractivity (Wildman–Crippen MR) is 67.3 cm³/mol. The van der Waals surface area contributed by atoms with Gasteiger partial charge in [0.2, 0.25) is 5.82 Å². The van der Waals surface area contributed by atoms with E-state index >= 15 is 0 Å². The lowest BCUT2D eigenvalue weighted by molar-refractivity contribution is -0.387. The van der Waals surface area contributed by atoms with Crippen LogP contribution < -0.4 is 5.32 Å². The molecule has 0 spiro atoms. The lowest BCUT2D eigenvalue weighted by Crippen LogP contribution is -2.28. The van der Waals surface area contributed by atoms with Crippen LogP contribution in [0.1, 0.15) is 36.5 Å². The van der Waals surface area contributed by atoms with E-state index < -0.39 is 33.7 Å². The number of carbonyl (C=O) groups excluding carboxylic acids is 1. The highest BCUT2D eigenvalue weighted by atomic mass is 19.1. The number of hydrogen-bond acceptors (Lipinski definition) is 3. The molecule has 2 atom stereocenters. The van der Waals surface area contributed by atoms with Crippen molar-refractivity contribution in [3.63, 3.8) is 0 Å². The molecule has 0 bridgehead atoms. The number of amides is 1. The fourth-order valence-electron chi connectivity index (χ4n) is 2.23. The lowest BCUT2D eigenvalue weighted by atomic mass is 10.1. The molecule has 1 fully saturated rings. The Hall–Kier alpha value is -2.05. The van der Waals surface area contributed by atoms with E-state index in [1.165, 1.54) is 0 Å². The van der Waals surface area contributed by atoms with Crippen molar-refractivity contribution in [1.82, 2.24) is 5.32 Å². The van der Waals surface area contributed by atoms with Gasteiger partial charge in [-0.2, -0.15) is 4.39 Å². The summed E-state index contributed by atoms with van der Waals surface area (Å²) < 4.78 is 27.0. The van der Waals surface area contributed by atoms with E-state index in [0.29, 0.717) is 18.1 Å². The van der Waals surface area contributed by atoms with Crippen LogP contribution in [-0.4, -0.2) is 16.9 Å².